The third-order valence-corrected chi connectivity index (χ3v) is 3.88. The zero-order chi connectivity index (χ0) is 18.2. The Kier molecular flexibility index (Phi) is 6.52. The van der Waals surface area contributed by atoms with E-state index in [0.29, 0.717) is 17.1 Å². The Morgan fingerprint density at radius 1 is 1.12 bits per heavy atom. The Bertz CT molecular complexity index is 738. The Labute approximate surface area is 149 Å². The van der Waals surface area contributed by atoms with Gasteiger partial charge in [-0.3, -0.25) is 0 Å². The molecule has 0 bridgehead atoms. The van der Waals surface area contributed by atoms with E-state index >= 15 is 0 Å². The van der Waals surface area contributed by atoms with Crippen molar-refractivity contribution in [3.05, 3.63) is 71.7 Å². The fraction of sp³-hybridized carbons (Fsp3) is 0.238. The fourth-order valence-electron chi connectivity index (χ4n) is 2.56. The second-order valence-electron chi connectivity index (χ2n) is 5.57. The summed E-state index contributed by atoms with van der Waals surface area (Å²) in [7, 11) is 4.56. The molecule has 1 aromatic carbocycles. The van der Waals surface area contributed by atoms with Gasteiger partial charge in [-0.15, -0.1) is 0 Å². The maximum absolute atomic E-state index is 12.3. The van der Waals surface area contributed by atoms with Crippen molar-refractivity contribution < 1.29 is 19.0 Å². The molecular formula is C21H23O4+. The average molecular weight is 339 g/mol. The van der Waals surface area contributed by atoms with Gasteiger partial charge < -0.3 is 14.2 Å². The lowest BCUT2D eigenvalue weighted by molar-refractivity contribution is -0.136. The molecular weight excluding hydrogens is 316 g/mol. The van der Waals surface area contributed by atoms with E-state index in [2.05, 4.69) is 0 Å². The molecule has 0 heterocycles. The largest absolute Gasteiger partial charge is 0.493 e. The number of hydrogen-bond donors (Lipinski definition) is 0. The monoisotopic (exact) mass is 339 g/mol. The third kappa shape index (κ3) is 4.80. The van der Waals surface area contributed by atoms with Crippen LogP contribution in [0.25, 0.3) is 6.08 Å². The van der Waals surface area contributed by atoms with Gasteiger partial charge in [0.1, 0.15) is 0 Å². The van der Waals surface area contributed by atoms with Gasteiger partial charge >= 0.3 is 5.97 Å². The third-order valence-electron chi connectivity index (χ3n) is 3.88. The van der Waals surface area contributed by atoms with Crippen molar-refractivity contribution in [3.8, 4) is 11.5 Å². The quantitative estimate of drug-likeness (QED) is 0.444. The van der Waals surface area contributed by atoms with Crippen LogP contribution in [0.4, 0.5) is 0 Å². The Hall–Kier alpha value is -2.88. The number of carbonyl (C=O) groups is 1. The van der Waals surface area contributed by atoms with Crippen molar-refractivity contribution in [1.29, 1.82) is 0 Å². The fourth-order valence-corrected chi connectivity index (χ4v) is 2.56. The molecule has 0 saturated carbocycles. The summed E-state index contributed by atoms with van der Waals surface area (Å²) in [4.78, 5) is 12.3. The summed E-state index contributed by atoms with van der Waals surface area (Å²) < 4.78 is 15.5. The molecule has 0 radical (unpaired) electrons. The number of ether oxygens (including phenoxy) is 3. The first-order valence-corrected chi connectivity index (χ1v) is 8.01. The highest BCUT2D eigenvalue weighted by Crippen LogP contribution is 2.29. The maximum Gasteiger partial charge on any atom is 0.335 e. The summed E-state index contributed by atoms with van der Waals surface area (Å²) in [5.74, 6) is 0.792. The lowest BCUT2D eigenvalue weighted by Crippen LogP contribution is -2.11. The minimum atomic E-state index is -0.352. The van der Waals surface area contributed by atoms with E-state index in [1.54, 1.807) is 14.2 Å². The van der Waals surface area contributed by atoms with Gasteiger partial charge in [0.2, 0.25) is 0 Å². The van der Waals surface area contributed by atoms with Crippen LogP contribution >= 0.6 is 0 Å². The molecule has 0 saturated heterocycles. The van der Waals surface area contributed by atoms with Gasteiger partial charge in [-0.2, -0.15) is 0 Å². The highest BCUT2D eigenvalue weighted by atomic mass is 16.5. The van der Waals surface area contributed by atoms with Gasteiger partial charge in [-0.1, -0.05) is 6.07 Å². The predicted molar refractivity (Wildman–Crippen MR) is 99.4 cm³/mol. The van der Waals surface area contributed by atoms with Gasteiger partial charge in [-0.05, 0) is 30.7 Å². The number of benzene rings is 1. The SMILES string of the molecule is COC(=O)/C(=C\c1ccc(OC)c(OC)c1)[C@H](C)/C=C1/C=CC=C[CH+]1. The van der Waals surface area contributed by atoms with Crippen molar-refractivity contribution in [2.75, 3.05) is 21.3 Å². The van der Waals surface area contributed by atoms with Crippen LogP contribution in [0.15, 0.2) is 59.7 Å². The molecule has 0 N–H and O–H groups in total. The van der Waals surface area contributed by atoms with Crippen molar-refractivity contribution in [2.24, 2.45) is 5.92 Å². The standard InChI is InChI=1S/C21H23O4/c1-15(12-16-8-6-5-7-9-16)18(21(22)25-4)13-17-10-11-19(23-2)20(14-17)24-3/h5-15H,1-4H3/q+1/b18-13-/t15-/m1/s1. The Morgan fingerprint density at radius 3 is 2.48 bits per heavy atom. The number of rotatable bonds is 6. The molecule has 1 aromatic rings. The van der Waals surface area contributed by atoms with E-state index in [1.165, 1.54) is 7.11 Å². The van der Waals surface area contributed by atoms with Crippen molar-refractivity contribution in [3.63, 3.8) is 0 Å². The molecule has 25 heavy (non-hydrogen) atoms. The minimum absolute atomic E-state index is 0.108. The van der Waals surface area contributed by atoms with Gasteiger partial charge in [0.15, 0.2) is 11.5 Å². The average Bonchev–Trinajstić information content (AvgIpc) is 2.65. The van der Waals surface area contributed by atoms with Gasteiger partial charge in [0, 0.05) is 42.7 Å². The van der Waals surface area contributed by atoms with Crippen LogP contribution in [0.3, 0.4) is 0 Å². The van der Waals surface area contributed by atoms with E-state index in [4.69, 9.17) is 14.2 Å². The summed E-state index contributed by atoms with van der Waals surface area (Å²) in [5, 5.41) is 0. The lowest BCUT2D eigenvalue weighted by Gasteiger charge is -2.11. The first-order chi connectivity index (χ1) is 12.1. The summed E-state index contributed by atoms with van der Waals surface area (Å²) in [6.45, 7) is 1.97. The number of carbonyl (C=O) groups excluding carboxylic acids is 1. The van der Waals surface area contributed by atoms with Crippen molar-refractivity contribution in [1.82, 2.24) is 0 Å². The summed E-state index contributed by atoms with van der Waals surface area (Å²) in [6.07, 6.45) is 13.7. The smallest absolute Gasteiger partial charge is 0.335 e. The minimum Gasteiger partial charge on any atom is -0.493 e. The zero-order valence-corrected chi connectivity index (χ0v) is 15.0. The number of esters is 1. The molecule has 4 nitrogen and oxygen atoms in total. The van der Waals surface area contributed by atoms with E-state index in [0.717, 1.165) is 11.1 Å². The topological polar surface area (TPSA) is 44.8 Å². The van der Waals surface area contributed by atoms with Crippen LogP contribution in [0, 0.1) is 12.3 Å². The zero-order valence-electron chi connectivity index (χ0n) is 15.0. The number of hydrogen-bond acceptors (Lipinski definition) is 4. The highest BCUT2D eigenvalue weighted by molar-refractivity contribution is 5.94. The Morgan fingerprint density at radius 2 is 1.88 bits per heavy atom. The van der Waals surface area contributed by atoms with E-state index in [1.807, 2.05) is 68.0 Å². The molecule has 4 heteroatoms. The Balaban J connectivity index is 2.36. The molecule has 130 valence electrons. The first kappa shape index (κ1) is 18.5. The summed E-state index contributed by atoms with van der Waals surface area (Å²) >= 11 is 0. The van der Waals surface area contributed by atoms with Crippen LogP contribution in [0.2, 0.25) is 0 Å². The first-order valence-electron chi connectivity index (χ1n) is 8.01. The van der Waals surface area contributed by atoms with E-state index < -0.39 is 0 Å². The molecule has 1 aliphatic rings. The summed E-state index contributed by atoms with van der Waals surface area (Å²) in [6, 6.07) is 5.52. The molecule has 0 amide bonds. The molecule has 0 unspecified atom stereocenters. The highest BCUT2D eigenvalue weighted by Gasteiger charge is 2.19. The van der Waals surface area contributed by atoms with E-state index in [9.17, 15) is 4.79 Å². The van der Waals surface area contributed by atoms with Crippen molar-refractivity contribution in [2.45, 2.75) is 6.92 Å². The maximum atomic E-state index is 12.3. The summed E-state index contributed by atoms with van der Waals surface area (Å²) in [5.41, 5.74) is 2.46. The molecule has 1 atom stereocenters. The van der Waals surface area contributed by atoms with Gasteiger partial charge in [-0.25, -0.2) is 4.79 Å². The molecule has 2 rings (SSSR count). The van der Waals surface area contributed by atoms with Crippen LogP contribution < -0.4 is 9.47 Å². The van der Waals surface area contributed by atoms with Crippen LogP contribution in [0.1, 0.15) is 12.5 Å². The second kappa shape index (κ2) is 8.83. The normalized spacial score (nSPS) is 16.3. The van der Waals surface area contributed by atoms with Crippen molar-refractivity contribution >= 4 is 12.0 Å². The van der Waals surface area contributed by atoms with E-state index in [-0.39, 0.29) is 11.9 Å². The predicted octanol–water partition coefficient (Wildman–Crippen LogP) is 4.15. The molecule has 0 aliphatic heterocycles. The molecule has 0 fully saturated rings. The van der Waals surface area contributed by atoms with Crippen LogP contribution in [-0.4, -0.2) is 27.3 Å². The molecule has 0 spiro atoms. The number of methoxy groups -OCH3 is 3. The van der Waals surface area contributed by atoms with Gasteiger partial charge in [0.25, 0.3) is 0 Å². The van der Waals surface area contributed by atoms with Gasteiger partial charge in [0.05, 0.1) is 32.5 Å². The number of allylic oxidation sites excluding steroid dienone is 6. The lowest BCUT2D eigenvalue weighted by atomic mass is 9.94. The second-order valence-corrected chi connectivity index (χ2v) is 5.57. The van der Waals surface area contributed by atoms with Crippen LogP contribution in [0.5, 0.6) is 11.5 Å². The van der Waals surface area contributed by atoms with Crippen LogP contribution in [-0.2, 0) is 9.53 Å². The molecule has 0 aromatic heterocycles. The molecule has 1 aliphatic carbocycles.